The van der Waals surface area contributed by atoms with Gasteiger partial charge in [0.1, 0.15) is 17.5 Å². The molecule has 10 heteroatoms. The normalized spacial score (nSPS) is 12.7. The monoisotopic (exact) mass is 427 g/mol. The van der Waals surface area contributed by atoms with Gasteiger partial charge in [0.15, 0.2) is 12.4 Å². The molecule has 0 saturated heterocycles. The predicted octanol–water partition coefficient (Wildman–Crippen LogP) is 2.23. The molecule has 30 heavy (non-hydrogen) atoms. The standard InChI is InChI=1S/C20H33N3O7/c1-19(2,3)30-18(26)21-11-8-7-9-14(22-17(25)20(4,5)27-6)15(24)13-28-16-10-12-29-23-16/h10,12,14H,7-9,11,13H2,1-6H3,(H,21,26)(H,22,25)/t14-/m0/s1. The minimum atomic E-state index is -1.08. The first kappa shape index (κ1) is 25.4. The number of methoxy groups -OCH3 is 1. The van der Waals surface area contributed by atoms with Crippen LogP contribution in [-0.4, -0.2) is 60.4 Å². The maximum atomic E-state index is 12.6. The Hall–Kier alpha value is -2.62. The molecule has 0 bridgehead atoms. The molecular weight excluding hydrogens is 394 g/mol. The summed E-state index contributed by atoms with van der Waals surface area (Å²) in [7, 11) is 1.42. The third-order valence-corrected chi connectivity index (χ3v) is 4.12. The van der Waals surface area contributed by atoms with E-state index in [1.165, 1.54) is 19.4 Å². The summed E-state index contributed by atoms with van der Waals surface area (Å²) >= 11 is 0. The molecule has 2 amide bonds. The number of amides is 2. The molecule has 0 aliphatic carbocycles. The summed E-state index contributed by atoms with van der Waals surface area (Å²) in [5.41, 5.74) is -1.65. The number of carbonyl (C=O) groups excluding carboxylic acids is 3. The first-order valence-corrected chi connectivity index (χ1v) is 9.83. The number of Topliss-reactive ketones (excluding diaryl/α,β-unsaturated/α-hetero) is 1. The molecule has 170 valence electrons. The topological polar surface area (TPSA) is 129 Å². The average molecular weight is 427 g/mol. The van der Waals surface area contributed by atoms with E-state index in [0.29, 0.717) is 25.8 Å². The average Bonchev–Trinajstić information content (AvgIpc) is 3.16. The molecule has 0 aliphatic heterocycles. The highest BCUT2D eigenvalue weighted by Crippen LogP contribution is 2.11. The van der Waals surface area contributed by atoms with Crippen molar-refractivity contribution in [2.75, 3.05) is 20.3 Å². The zero-order valence-electron chi connectivity index (χ0n) is 18.6. The maximum absolute atomic E-state index is 12.6. The van der Waals surface area contributed by atoms with Gasteiger partial charge in [-0.15, -0.1) is 0 Å². The van der Waals surface area contributed by atoms with Crippen LogP contribution in [0.4, 0.5) is 4.79 Å². The second-order valence-corrected chi connectivity index (χ2v) is 8.26. The number of hydrogen-bond donors (Lipinski definition) is 2. The van der Waals surface area contributed by atoms with Gasteiger partial charge in [0, 0.05) is 19.7 Å². The second kappa shape index (κ2) is 11.5. The van der Waals surface area contributed by atoms with Crippen LogP contribution in [0.1, 0.15) is 53.9 Å². The predicted molar refractivity (Wildman–Crippen MR) is 108 cm³/mol. The number of alkyl carbamates (subject to hydrolysis) is 1. The van der Waals surface area contributed by atoms with E-state index in [4.69, 9.17) is 14.2 Å². The van der Waals surface area contributed by atoms with E-state index in [0.717, 1.165) is 0 Å². The molecule has 1 rings (SSSR count). The highest BCUT2D eigenvalue weighted by molar-refractivity contribution is 5.92. The Kier molecular flexibility index (Phi) is 9.77. The van der Waals surface area contributed by atoms with Crippen LogP contribution in [0.3, 0.4) is 0 Å². The molecule has 0 saturated carbocycles. The van der Waals surface area contributed by atoms with Gasteiger partial charge in [0.25, 0.3) is 11.8 Å². The lowest BCUT2D eigenvalue weighted by atomic mass is 10.0. The molecule has 1 heterocycles. The fourth-order valence-electron chi connectivity index (χ4n) is 2.24. The third-order valence-electron chi connectivity index (χ3n) is 4.12. The smallest absolute Gasteiger partial charge is 0.407 e. The summed E-state index contributed by atoms with van der Waals surface area (Å²) in [4.78, 5) is 36.7. The second-order valence-electron chi connectivity index (χ2n) is 8.26. The summed E-state index contributed by atoms with van der Waals surface area (Å²) in [5.74, 6) is -0.526. The summed E-state index contributed by atoms with van der Waals surface area (Å²) in [6.07, 6.45) is 2.41. The first-order valence-electron chi connectivity index (χ1n) is 9.83. The van der Waals surface area contributed by atoms with Crippen LogP contribution < -0.4 is 15.4 Å². The number of ketones is 1. The number of carbonyl (C=O) groups is 3. The van der Waals surface area contributed by atoms with Gasteiger partial charge >= 0.3 is 6.09 Å². The number of hydrogen-bond acceptors (Lipinski definition) is 8. The maximum Gasteiger partial charge on any atom is 0.407 e. The number of aromatic nitrogens is 1. The Balaban J connectivity index is 2.54. The highest BCUT2D eigenvalue weighted by atomic mass is 16.6. The van der Waals surface area contributed by atoms with Crippen LogP contribution in [0.2, 0.25) is 0 Å². The van der Waals surface area contributed by atoms with E-state index >= 15 is 0 Å². The zero-order chi connectivity index (χ0) is 22.8. The lowest BCUT2D eigenvalue weighted by Gasteiger charge is -2.25. The Bertz CT molecular complexity index is 681. The molecule has 0 aromatic carbocycles. The van der Waals surface area contributed by atoms with E-state index in [2.05, 4.69) is 20.3 Å². The number of ether oxygens (including phenoxy) is 3. The van der Waals surface area contributed by atoms with Crippen LogP contribution >= 0.6 is 0 Å². The van der Waals surface area contributed by atoms with E-state index in [9.17, 15) is 14.4 Å². The van der Waals surface area contributed by atoms with Crippen LogP contribution in [0.5, 0.6) is 5.88 Å². The quantitative estimate of drug-likeness (QED) is 0.486. The molecule has 1 aromatic rings. The number of nitrogens with zero attached hydrogens (tertiary/aromatic N) is 1. The van der Waals surface area contributed by atoms with E-state index in [1.54, 1.807) is 34.6 Å². The van der Waals surface area contributed by atoms with Crippen molar-refractivity contribution in [1.82, 2.24) is 15.8 Å². The van der Waals surface area contributed by atoms with Crippen molar-refractivity contribution < 1.29 is 33.1 Å². The Morgan fingerprint density at radius 1 is 1.17 bits per heavy atom. The number of rotatable bonds is 12. The molecule has 0 fully saturated rings. The molecule has 0 radical (unpaired) electrons. The number of unbranched alkanes of at least 4 members (excludes halogenated alkanes) is 1. The fraction of sp³-hybridized carbons (Fsp3) is 0.700. The largest absolute Gasteiger partial charge is 0.467 e. The first-order chi connectivity index (χ1) is 13.9. The highest BCUT2D eigenvalue weighted by Gasteiger charge is 2.31. The Morgan fingerprint density at radius 3 is 2.43 bits per heavy atom. The van der Waals surface area contributed by atoms with Crippen molar-refractivity contribution >= 4 is 17.8 Å². The van der Waals surface area contributed by atoms with E-state index in [1.807, 2.05) is 0 Å². The van der Waals surface area contributed by atoms with Gasteiger partial charge in [-0.25, -0.2) is 4.79 Å². The Morgan fingerprint density at radius 2 is 1.87 bits per heavy atom. The van der Waals surface area contributed by atoms with Crippen LogP contribution in [0, 0.1) is 0 Å². The van der Waals surface area contributed by atoms with E-state index in [-0.39, 0.29) is 18.3 Å². The van der Waals surface area contributed by atoms with Crippen LogP contribution in [-0.2, 0) is 19.1 Å². The Labute approximate surface area is 177 Å². The van der Waals surface area contributed by atoms with Gasteiger partial charge in [-0.2, -0.15) is 0 Å². The van der Waals surface area contributed by atoms with Crippen molar-refractivity contribution in [3.05, 3.63) is 12.3 Å². The molecular formula is C20H33N3O7. The third kappa shape index (κ3) is 9.73. The van der Waals surface area contributed by atoms with Crippen LogP contribution in [0.15, 0.2) is 16.9 Å². The van der Waals surface area contributed by atoms with Crippen molar-refractivity contribution in [3.63, 3.8) is 0 Å². The summed E-state index contributed by atoms with van der Waals surface area (Å²) < 4.78 is 20.3. The molecule has 1 atom stereocenters. The van der Waals surface area contributed by atoms with Gasteiger partial charge in [-0.3, -0.25) is 9.59 Å². The summed E-state index contributed by atoms with van der Waals surface area (Å²) in [6, 6.07) is 0.720. The molecule has 0 aliphatic rings. The van der Waals surface area contributed by atoms with E-state index < -0.39 is 29.2 Å². The molecule has 10 nitrogen and oxygen atoms in total. The number of nitrogens with one attached hydrogen (secondary N) is 2. The minimum absolute atomic E-state index is 0.187. The van der Waals surface area contributed by atoms with Gasteiger partial charge in [-0.05, 0) is 59.0 Å². The zero-order valence-corrected chi connectivity index (χ0v) is 18.6. The van der Waals surface area contributed by atoms with Crippen LogP contribution in [0.25, 0.3) is 0 Å². The summed E-state index contributed by atoms with van der Waals surface area (Å²) in [5, 5.41) is 8.96. The minimum Gasteiger partial charge on any atom is -0.467 e. The molecule has 0 unspecified atom stereocenters. The SMILES string of the molecule is COC(C)(C)C(=O)N[C@@H](CCCCNC(=O)OC(C)(C)C)C(=O)COc1ccon1. The van der Waals surface area contributed by atoms with Gasteiger partial charge in [0.2, 0.25) is 0 Å². The van der Waals surface area contributed by atoms with Gasteiger partial charge in [0.05, 0.1) is 6.04 Å². The molecule has 1 aromatic heterocycles. The van der Waals surface area contributed by atoms with Crippen molar-refractivity contribution in [2.45, 2.75) is 71.1 Å². The van der Waals surface area contributed by atoms with Crippen molar-refractivity contribution in [1.29, 1.82) is 0 Å². The van der Waals surface area contributed by atoms with Crippen molar-refractivity contribution in [2.24, 2.45) is 0 Å². The summed E-state index contributed by atoms with van der Waals surface area (Å²) in [6.45, 7) is 8.71. The van der Waals surface area contributed by atoms with Crippen molar-refractivity contribution in [3.8, 4) is 5.88 Å². The van der Waals surface area contributed by atoms with Gasteiger partial charge in [-0.1, -0.05) is 0 Å². The lowest BCUT2D eigenvalue weighted by Crippen LogP contribution is -2.51. The molecule has 2 N–H and O–H groups in total. The lowest BCUT2D eigenvalue weighted by molar-refractivity contribution is -0.142. The van der Waals surface area contributed by atoms with Gasteiger partial charge < -0.3 is 29.4 Å². The molecule has 0 spiro atoms. The fourth-order valence-corrected chi connectivity index (χ4v) is 2.24.